The predicted octanol–water partition coefficient (Wildman–Crippen LogP) is 3.29. The number of pyridine rings is 1. The number of phenols is 1. The lowest BCUT2D eigenvalue weighted by molar-refractivity contribution is 0.369. The molecule has 2 N–H and O–H groups in total. The van der Waals surface area contributed by atoms with Crippen molar-refractivity contribution in [2.24, 2.45) is 4.99 Å². The summed E-state index contributed by atoms with van der Waals surface area (Å²) in [7, 11) is 0. The van der Waals surface area contributed by atoms with E-state index in [1.54, 1.807) is 6.07 Å². The zero-order valence-corrected chi connectivity index (χ0v) is 20.5. The van der Waals surface area contributed by atoms with Crippen LogP contribution < -0.4 is 15.1 Å². The van der Waals surface area contributed by atoms with Crippen LogP contribution in [-0.4, -0.2) is 66.8 Å². The van der Waals surface area contributed by atoms with Crippen LogP contribution in [0, 0.1) is 0 Å². The number of aromatic hydroxyl groups is 1. The lowest BCUT2D eigenvalue weighted by Gasteiger charge is -2.37. The van der Waals surface area contributed by atoms with Gasteiger partial charge in [-0.1, -0.05) is 12.1 Å². The molecular weight excluding hydrogens is 503 g/mol. The Morgan fingerprint density at radius 2 is 1.77 bits per heavy atom. The molecule has 0 radical (unpaired) electrons. The van der Waals surface area contributed by atoms with Crippen LogP contribution in [0.4, 0.5) is 11.5 Å². The molecule has 0 saturated carbocycles. The van der Waals surface area contributed by atoms with Crippen molar-refractivity contribution >= 4 is 41.4 Å². The molecule has 2 aliphatic heterocycles. The Morgan fingerprint density at radius 3 is 2.48 bits per heavy atom. The van der Waals surface area contributed by atoms with Gasteiger partial charge in [0.25, 0.3) is 0 Å². The highest BCUT2D eigenvalue weighted by Crippen LogP contribution is 2.27. The second kappa shape index (κ2) is 11.4. The van der Waals surface area contributed by atoms with E-state index in [9.17, 15) is 5.11 Å². The number of guanidine groups is 1. The third kappa shape index (κ3) is 5.93. The maximum atomic E-state index is 10.1. The van der Waals surface area contributed by atoms with E-state index in [-0.39, 0.29) is 24.0 Å². The second-order valence-corrected chi connectivity index (χ2v) is 7.85. The van der Waals surface area contributed by atoms with Gasteiger partial charge in [0.05, 0.1) is 12.2 Å². The van der Waals surface area contributed by atoms with Crippen molar-refractivity contribution in [3.63, 3.8) is 0 Å². The van der Waals surface area contributed by atoms with Gasteiger partial charge in [-0.3, -0.25) is 0 Å². The number of nitrogens with zero attached hydrogens (tertiary/aromatic N) is 5. The van der Waals surface area contributed by atoms with Gasteiger partial charge in [0.1, 0.15) is 11.6 Å². The fourth-order valence-electron chi connectivity index (χ4n) is 4.16. The van der Waals surface area contributed by atoms with Crippen molar-refractivity contribution in [1.29, 1.82) is 0 Å². The molecule has 0 aliphatic carbocycles. The van der Waals surface area contributed by atoms with E-state index in [4.69, 9.17) is 4.99 Å². The summed E-state index contributed by atoms with van der Waals surface area (Å²) < 4.78 is 0. The number of piperazine rings is 1. The average molecular weight is 536 g/mol. The smallest absolute Gasteiger partial charge is 0.194 e. The van der Waals surface area contributed by atoms with Crippen LogP contribution in [0.15, 0.2) is 47.6 Å². The molecule has 2 fully saturated rings. The standard InChI is InChI=1S/C23H32N6O.HI/c1-2-24-23(26-18-19-9-10-25-22(17-19)28-11-5-6-12-28)29-15-13-27(14-16-29)20-7-3-4-8-21(20)30;/h3-4,7-10,17,30H,2,5-6,11-16,18H2,1H3,(H,24,26);1H. The molecule has 4 rings (SSSR count). The molecule has 8 heteroatoms. The Labute approximate surface area is 202 Å². The number of benzene rings is 1. The molecule has 168 valence electrons. The Kier molecular flexibility index (Phi) is 8.62. The van der Waals surface area contributed by atoms with E-state index >= 15 is 0 Å². The molecule has 1 aromatic carbocycles. The number of rotatable bonds is 5. The minimum atomic E-state index is 0. The van der Waals surface area contributed by atoms with Crippen LogP contribution >= 0.6 is 24.0 Å². The topological polar surface area (TPSA) is 67.2 Å². The number of anilines is 2. The molecule has 0 bridgehead atoms. The Balaban J connectivity index is 0.00000272. The number of aromatic nitrogens is 1. The molecule has 0 unspecified atom stereocenters. The van der Waals surface area contributed by atoms with Crippen molar-refractivity contribution in [3.8, 4) is 5.75 Å². The Hall–Kier alpha value is -2.23. The highest BCUT2D eigenvalue weighted by atomic mass is 127. The summed E-state index contributed by atoms with van der Waals surface area (Å²) in [5.74, 6) is 2.37. The van der Waals surface area contributed by atoms with Crippen LogP contribution in [0.5, 0.6) is 5.75 Å². The lowest BCUT2D eigenvalue weighted by atomic mass is 10.2. The Bertz CT molecular complexity index is 863. The number of phenolic OH excluding ortho intramolecular Hbond substituents is 1. The highest BCUT2D eigenvalue weighted by molar-refractivity contribution is 14.0. The normalized spacial score (nSPS) is 16.9. The molecule has 1 aromatic heterocycles. The predicted molar refractivity (Wildman–Crippen MR) is 138 cm³/mol. The van der Waals surface area contributed by atoms with E-state index in [0.717, 1.165) is 63.3 Å². The summed E-state index contributed by atoms with van der Waals surface area (Å²) in [6, 6.07) is 11.8. The van der Waals surface area contributed by atoms with Gasteiger partial charge in [-0.2, -0.15) is 0 Å². The average Bonchev–Trinajstić information content (AvgIpc) is 3.33. The van der Waals surface area contributed by atoms with Crippen molar-refractivity contribution in [1.82, 2.24) is 15.2 Å². The SMILES string of the molecule is CCNC(=NCc1ccnc(N2CCCC2)c1)N1CCN(c2ccccc2O)CC1.I. The van der Waals surface area contributed by atoms with Crippen molar-refractivity contribution in [2.75, 3.05) is 55.6 Å². The third-order valence-corrected chi connectivity index (χ3v) is 5.79. The summed E-state index contributed by atoms with van der Waals surface area (Å²) in [5.41, 5.74) is 2.10. The van der Waals surface area contributed by atoms with Crippen LogP contribution in [0.2, 0.25) is 0 Å². The van der Waals surface area contributed by atoms with Gasteiger partial charge in [-0.05, 0) is 49.6 Å². The van der Waals surface area contributed by atoms with Gasteiger partial charge in [0.2, 0.25) is 0 Å². The van der Waals surface area contributed by atoms with Gasteiger partial charge in [0, 0.05) is 52.0 Å². The van der Waals surface area contributed by atoms with Crippen LogP contribution in [0.25, 0.3) is 0 Å². The lowest BCUT2D eigenvalue weighted by Crippen LogP contribution is -2.52. The molecule has 3 heterocycles. The van der Waals surface area contributed by atoms with E-state index < -0.39 is 0 Å². The maximum absolute atomic E-state index is 10.1. The minimum absolute atomic E-state index is 0. The van der Waals surface area contributed by atoms with Crippen LogP contribution in [0.3, 0.4) is 0 Å². The zero-order chi connectivity index (χ0) is 20.8. The monoisotopic (exact) mass is 536 g/mol. The first-order valence-electron chi connectivity index (χ1n) is 11.0. The van der Waals surface area contributed by atoms with Gasteiger partial charge >= 0.3 is 0 Å². The van der Waals surface area contributed by atoms with Gasteiger partial charge < -0.3 is 25.1 Å². The van der Waals surface area contributed by atoms with E-state index in [2.05, 4.69) is 44.1 Å². The zero-order valence-electron chi connectivity index (χ0n) is 18.2. The van der Waals surface area contributed by atoms with E-state index in [1.165, 1.54) is 18.4 Å². The van der Waals surface area contributed by atoms with Gasteiger partial charge in [-0.15, -0.1) is 24.0 Å². The number of nitrogens with one attached hydrogen (secondary N) is 1. The minimum Gasteiger partial charge on any atom is -0.506 e. The molecule has 31 heavy (non-hydrogen) atoms. The number of halogens is 1. The van der Waals surface area contributed by atoms with Gasteiger partial charge in [-0.25, -0.2) is 9.98 Å². The quantitative estimate of drug-likeness (QED) is 0.348. The molecule has 2 saturated heterocycles. The first-order chi connectivity index (χ1) is 14.7. The molecule has 0 atom stereocenters. The summed E-state index contributed by atoms with van der Waals surface area (Å²) in [6.07, 6.45) is 4.40. The first kappa shape index (κ1) is 23.4. The van der Waals surface area contributed by atoms with Crippen molar-refractivity contribution in [2.45, 2.75) is 26.3 Å². The van der Waals surface area contributed by atoms with Crippen LogP contribution in [-0.2, 0) is 6.54 Å². The van der Waals surface area contributed by atoms with Crippen molar-refractivity contribution in [3.05, 3.63) is 48.2 Å². The molecule has 2 aliphatic rings. The van der Waals surface area contributed by atoms with Crippen molar-refractivity contribution < 1.29 is 5.11 Å². The summed E-state index contributed by atoms with van der Waals surface area (Å²) in [4.78, 5) is 16.4. The van der Waals surface area contributed by atoms with E-state index in [0.29, 0.717) is 12.3 Å². The number of aliphatic imine (C=N–C) groups is 1. The fraction of sp³-hybridized carbons (Fsp3) is 0.478. The Morgan fingerprint density at radius 1 is 1.03 bits per heavy atom. The highest BCUT2D eigenvalue weighted by Gasteiger charge is 2.21. The molecule has 2 aromatic rings. The molecule has 0 spiro atoms. The van der Waals surface area contributed by atoms with Crippen LogP contribution in [0.1, 0.15) is 25.3 Å². The largest absolute Gasteiger partial charge is 0.506 e. The third-order valence-electron chi connectivity index (χ3n) is 5.79. The first-order valence-corrected chi connectivity index (χ1v) is 11.0. The molecule has 7 nitrogen and oxygen atoms in total. The second-order valence-electron chi connectivity index (χ2n) is 7.85. The van der Waals surface area contributed by atoms with E-state index in [1.807, 2.05) is 24.4 Å². The number of para-hydroxylation sites is 2. The molecule has 0 amide bonds. The summed E-state index contributed by atoms with van der Waals surface area (Å²) in [5, 5.41) is 13.6. The fourth-order valence-corrected chi connectivity index (χ4v) is 4.16. The van der Waals surface area contributed by atoms with Gasteiger partial charge in [0.15, 0.2) is 5.96 Å². The number of hydrogen-bond donors (Lipinski definition) is 2. The summed E-state index contributed by atoms with van der Waals surface area (Å²) >= 11 is 0. The number of hydrogen-bond acceptors (Lipinski definition) is 5. The molecular formula is C23H33IN6O. The summed E-state index contributed by atoms with van der Waals surface area (Å²) in [6.45, 7) is 9.25. The maximum Gasteiger partial charge on any atom is 0.194 e.